The Morgan fingerprint density at radius 1 is 1.56 bits per heavy atom. The fourth-order valence-electron chi connectivity index (χ4n) is 1.91. The van der Waals surface area contributed by atoms with Crippen LogP contribution in [-0.4, -0.2) is 20.7 Å². The summed E-state index contributed by atoms with van der Waals surface area (Å²) in [5, 5.41) is 5.46. The normalized spacial score (nSPS) is 11.1. The first-order valence-corrected chi connectivity index (χ1v) is 6.25. The molecule has 0 fully saturated rings. The van der Waals surface area contributed by atoms with Crippen molar-refractivity contribution in [3.05, 3.63) is 22.5 Å². The third kappa shape index (κ3) is 2.06. The number of nitrogens with zero attached hydrogens (tertiary/aromatic N) is 3. The molecule has 0 aliphatic carbocycles. The molecule has 18 heavy (non-hydrogen) atoms. The van der Waals surface area contributed by atoms with Gasteiger partial charge >= 0.3 is 0 Å². The van der Waals surface area contributed by atoms with Gasteiger partial charge in [-0.2, -0.15) is 5.10 Å². The SMILES string of the molecule is CCCCn1nc(C)c2c(Cl)c(C(N)=O)cnc21. The largest absolute Gasteiger partial charge is 0.366 e. The van der Waals surface area contributed by atoms with E-state index in [-0.39, 0.29) is 5.56 Å². The van der Waals surface area contributed by atoms with Crippen LogP contribution in [-0.2, 0) is 6.54 Å². The summed E-state index contributed by atoms with van der Waals surface area (Å²) in [6, 6.07) is 0. The van der Waals surface area contributed by atoms with Crippen LogP contribution in [0, 0.1) is 6.92 Å². The van der Waals surface area contributed by atoms with Gasteiger partial charge in [-0.1, -0.05) is 24.9 Å². The molecule has 0 atom stereocenters. The lowest BCUT2D eigenvalue weighted by Gasteiger charge is -2.03. The Balaban J connectivity index is 2.61. The maximum Gasteiger partial charge on any atom is 0.251 e. The van der Waals surface area contributed by atoms with Crippen LogP contribution in [0.25, 0.3) is 11.0 Å². The molecule has 2 N–H and O–H groups in total. The van der Waals surface area contributed by atoms with Crippen molar-refractivity contribution in [1.29, 1.82) is 0 Å². The molecule has 0 saturated carbocycles. The van der Waals surface area contributed by atoms with Crippen LogP contribution in [0.15, 0.2) is 6.20 Å². The van der Waals surface area contributed by atoms with E-state index < -0.39 is 5.91 Å². The highest BCUT2D eigenvalue weighted by atomic mass is 35.5. The van der Waals surface area contributed by atoms with Gasteiger partial charge in [0.25, 0.3) is 5.91 Å². The molecule has 0 bridgehead atoms. The molecule has 2 aromatic heterocycles. The maximum absolute atomic E-state index is 11.2. The summed E-state index contributed by atoms with van der Waals surface area (Å²) in [5.74, 6) is -0.574. The fraction of sp³-hybridized carbons (Fsp3) is 0.417. The van der Waals surface area contributed by atoms with Crippen molar-refractivity contribution in [2.24, 2.45) is 5.73 Å². The molecule has 6 heteroatoms. The van der Waals surface area contributed by atoms with Crippen LogP contribution in [0.3, 0.4) is 0 Å². The molecule has 0 aliphatic heterocycles. The van der Waals surface area contributed by atoms with E-state index in [9.17, 15) is 4.79 Å². The number of hydrogen-bond acceptors (Lipinski definition) is 3. The van der Waals surface area contributed by atoms with Gasteiger partial charge in [0.15, 0.2) is 5.65 Å². The molecular weight excluding hydrogens is 252 g/mol. The fourth-order valence-corrected chi connectivity index (χ4v) is 2.27. The van der Waals surface area contributed by atoms with E-state index in [0.29, 0.717) is 16.1 Å². The number of aryl methyl sites for hydroxylation is 2. The Hall–Kier alpha value is -1.62. The van der Waals surface area contributed by atoms with E-state index in [1.165, 1.54) is 6.20 Å². The number of primary amides is 1. The first kappa shape index (κ1) is 12.8. The van der Waals surface area contributed by atoms with E-state index >= 15 is 0 Å². The van der Waals surface area contributed by atoms with Crippen molar-refractivity contribution >= 4 is 28.5 Å². The van der Waals surface area contributed by atoms with Gasteiger partial charge in [-0.15, -0.1) is 0 Å². The highest BCUT2D eigenvalue weighted by molar-refractivity contribution is 6.38. The van der Waals surface area contributed by atoms with Gasteiger partial charge in [0.1, 0.15) is 0 Å². The smallest absolute Gasteiger partial charge is 0.251 e. The van der Waals surface area contributed by atoms with Crippen molar-refractivity contribution in [2.45, 2.75) is 33.2 Å². The summed E-state index contributed by atoms with van der Waals surface area (Å²) < 4.78 is 1.82. The van der Waals surface area contributed by atoms with E-state index in [4.69, 9.17) is 17.3 Å². The number of fused-ring (bicyclic) bond motifs is 1. The first-order valence-electron chi connectivity index (χ1n) is 5.87. The molecule has 0 saturated heterocycles. The van der Waals surface area contributed by atoms with Crippen molar-refractivity contribution in [1.82, 2.24) is 14.8 Å². The first-order chi connectivity index (χ1) is 8.56. The number of hydrogen-bond donors (Lipinski definition) is 1. The zero-order valence-corrected chi connectivity index (χ0v) is 11.2. The minimum atomic E-state index is -0.574. The van der Waals surface area contributed by atoms with Crippen LogP contribution in [0.1, 0.15) is 35.8 Å². The Morgan fingerprint density at radius 3 is 2.89 bits per heavy atom. The summed E-state index contributed by atoms with van der Waals surface area (Å²) in [4.78, 5) is 15.5. The van der Waals surface area contributed by atoms with Gasteiger partial charge in [-0.3, -0.25) is 4.79 Å². The monoisotopic (exact) mass is 266 g/mol. The lowest BCUT2D eigenvalue weighted by molar-refractivity contribution is 0.100. The topological polar surface area (TPSA) is 73.8 Å². The molecule has 0 spiro atoms. The van der Waals surface area contributed by atoms with Crippen molar-refractivity contribution in [3.63, 3.8) is 0 Å². The number of rotatable bonds is 4. The summed E-state index contributed by atoms with van der Waals surface area (Å²) >= 11 is 6.20. The third-order valence-corrected chi connectivity index (χ3v) is 3.25. The number of aromatic nitrogens is 3. The standard InChI is InChI=1S/C12H15ClN4O/c1-3-4-5-17-12-9(7(2)16-17)10(13)8(6-15-12)11(14)18/h6H,3-5H2,1-2H3,(H2,14,18). The third-order valence-electron chi connectivity index (χ3n) is 2.86. The van der Waals surface area contributed by atoms with Crippen molar-refractivity contribution in [3.8, 4) is 0 Å². The summed E-state index contributed by atoms with van der Waals surface area (Å²) in [6.45, 7) is 4.76. The van der Waals surface area contributed by atoms with Gasteiger partial charge in [0.2, 0.25) is 0 Å². The Labute approximate surface area is 110 Å². The molecule has 0 unspecified atom stereocenters. The number of halogens is 1. The second kappa shape index (κ2) is 4.94. The molecule has 2 rings (SSSR count). The van der Waals surface area contributed by atoms with E-state index in [1.54, 1.807) is 0 Å². The molecular formula is C12H15ClN4O. The lowest BCUT2D eigenvalue weighted by Crippen LogP contribution is -2.12. The van der Waals surface area contributed by atoms with Crippen LogP contribution in [0.2, 0.25) is 5.02 Å². The average Bonchev–Trinajstić information content (AvgIpc) is 2.64. The molecule has 0 aromatic carbocycles. The predicted molar refractivity (Wildman–Crippen MR) is 70.7 cm³/mol. The van der Waals surface area contributed by atoms with Gasteiger partial charge in [-0.05, 0) is 13.3 Å². The van der Waals surface area contributed by atoms with Crippen LogP contribution in [0.5, 0.6) is 0 Å². The van der Waals surface area contributed by atoms with Gasteiger partial charge in [0, 0.05) is 12.7 Å². The molecule has 0 radical (unpaired) electrons. The number of pyridine rings is 1. The molecule has 2 aromatic rings. The Morgan fingerprint density at radius 2 is 2.28 bits per heavy atom. The van der Waals surface area contributed by atoms with Crippen molar-refractivity contribution in [2.75, 3.05) is 0 Å². The average molecular weight is 267 g/mol. The molecule has 5 nitrogen and oxygen atoms in total. The molecule has 96 valence electrons. The minimum absolute atomic E-state index is 0.238. The highest BCUT2D eigenvalue weighted by Gasteiger charge is 2.17. The minimum Gasteiger partial charge on any atom is -0.366 e. The highest BCUT2D eigenvalue weighted by Crippen LogP contribution is 2.28. The van der Waals surface area contributed by atoms with Crippen LogP contribution in [0.4, 0.5) is 0 Å². The van der Waals surface area contributed by atoms with Gasteiger partial charge in [-0.25, -0.2) is 9.67 Å². The van der Waals surface area contributed by atoms with Crippen molar-refractivity contribution < 1.29 is 4.79 Å². The quantitative estimate of drug-likeness (QED) is 0.923. The number of carbonyl (C=O) groups excluding carboxylic acids is 1. The second-order valence-electron chi connectivity index (χ2n) is 4.21. The lowest BCUT2D eigenvalue weighted by atomic mass is 10.2. The second-order valence-corrected chi connectivity index (χ2v) is 4.59. The Kier molecular flexibility index (Phi) is 3.52. The van der Waals surface area contributed by atoms with E-state index in [1.807, 2.05) is 11.6 Å². The van der Waals surface area contributed by atoms with Gasteiger partial charge in [0.05, 0.1) is 21.7 Å². The Bertz CT molecular complexity index is 606. The van der Waals surface area contributed by atoms with E-state index in [0.717, 1.165) is 25.1 Å². The van der Waals surface area contributed by atoms with Gasteiger partial charge < -0.3 is 5.73 Å². The molecule has 0 aliphatic rings. The predicted octanol–water partition coefficient (Wildman–Crippen LogP) is 2.29. The summed E-state index contributed by atoms with van der Waals surface area (Å²) in [7, 11) is 0. The summed E-state index contributed by atoms with van der Waals surface area (Å²) in [5.41, 5.74) is 6.96. The number of carbonyl (C=O) groups is 1. The summed E-state index contributed by atoms with van der Waals surface area (Å²) in [6.07, 6.45) is 3.51. The zero-order chi connectivity index (χ0) is 13.3. The maximum atomic E-state index is 11.2. The molecule has 1 amide bonds. The van der Waals surface area contributed by atoms with Crippen LogP contribution < -0.4 is 5.73 Å². The number of nitrogens with two attached hydrogens (primary N) is 1. The van der Waals surface area contributed by atoms with E-state index in [2.05, 4.69) is 17.0 Å². The molecule has 2 heterocycles. The van der Waals surface area contributed by atoms with Crippen LogP contribution >= 0.6 is 11.6 Å². The number of amides is 1. The zero-order valence-electron chi connectivity index (χ0n) is 10.4. The number of unbranched alkanes of at least 4 members (excludes halogenated alkanes) is 1.